The molecule has 5 saturated carbocycles. The minimum absolute atomic E-state index is 0.0158. The van der Waals surface area contributed by atoms with E-state index in [1.54, 1.807) is 0 Å². The van der Waals surface area contributed by atoms with E-state index in [0.717, 1.165) is 30.6 Å². The lowest BCUT2D eigenvalue weighted by Gasteiger charge is -2.59. The van der Waals surface area contributed by atoms with Crippen molar-refractivity contribution in [2.24, 2.45) is 29.1 Å². The van der Waals surface area contributed by atoms with Gasteiger partial charge in [-0.25, -0.2) is 0 Å². The van der Waals surface area contributed by atoms with Crippen LogP contribution < -0.4 is 0 Å². The van der Waals surface area contributed by atoms with E-state index in [-0.39, 0.29) is 11.5 Å². The molecule has 0 aromatic heterocycles. The topological polar surface area (TPSA) is 29.5 Å². The maximum atomic E-state index is 10.5. The zero-order chi connectivity index (χ0) is 10.9. The van der Waals surface area contributed by atoms with E-state index in [4.69, 9.17) is 4.74 Å². The van der Waals surface area contributed by atoms with Crippen molar-refractivity contribution in [1.29, 1.82) is 0 Å². The Kier molecular flexibility index (Phi) is 1.87. The van der Waals surface area contributed by atoms with Gasteiger partial charge in [-0.05, 0) is 62.2 Å². The molecule has 1 spiro atoms. The van der Waals surface area contributed by atoms with Crippen molar-refractivity contribution in [1.82, 2.24) is 0 Å². The Morgan fingerprint density at radius 2 is 2.00 bits per heavy atom. The van der Waals surface area contributed by atoms with Crippen LogP contribution in [0.25, 0.3) is 0 Å². The molecule has 1 N–H and O–H groups in total. The molecule has 90 valence electrons. The monoisotopic (exact) mass is 222 g/mol. The van der Waals surface area contributed by atoms with Crippen LogP contribution in [0.1, 0.15) is 38.5 Å². The molecule has 0 radical (unpaired) electrons. The summed E-state index contributed by atoms with van der Waals surface area (Å²) in [6.07, 6.45) is 8.16. The van der Waals surface area contributed by atoms with E-state index in [0.29, 0.717) is 12.0 Å². The predicted molar refractivity (Wildman–Crippen MR) is 60.9 cm³/mol. The molecular formula is C14H22O2. The molecule has 16 heavy (non-hydrogen) atoms. The minimum Gasteiger partial charge on any atom is -0.393 e. The molecule has 0 amide bonds. The molecule has 5 aliphatic carbocycles. The van der Waals surface area contributed by atoms with Crippen molar-refractivity contribution < 1.29 is 9.84 Å². The molecule has 5 fully saturated rings. The van der Waals surface area contributed by atoms with Crippen LogP contribution in [0.4, 0.5) is 0 Å². The molecule has 0 aromatic rings. The van der Waals surface area contributed by atoms with E-state index in [2.05, 4.69) is 0 Å². The second-order valence-corrected chi connectivity index (χ2v) is 6.71. The highest BCUT2D eigenvalue weighted by atomic mass is 16.5. The van der Waals surface area contributed by atoms with Crippen LogP contribution in [0.5, 0.6) is 0 Å². The quantitative estimate of drug-likeness (QED) is 0.737. The molecule has 0 aromatic carbocycles. The highest BCUT2D eigenvalue weighted by molar-refractivity contribution is 5.16. The lowest BCUT2D eigenvalue weighted by Crippen LogP contribution is -2.59. The fourth-order valence-electron chi connectivity index (χ4n) is 6.02. The fraction of sp³-hybridized carbons (Fsp3) is 1.00. The zero-order valence-electron chi connectivity index (χ0n) is 10.1. The lowest BCUT2D eigenvalue weighted by molar-refractivity contribution is -0.192. The van der Waals surface area contributed by atoms with Crippen LogP contribution in [-0.4, -0.2) is 24.4 Å². The van der Waals surface area contributed by atoms with E-state index in [9.17, 15) is 5.11 Å². The molecule has 5 rings (SSSR count). The van der Waals surface area contributed by atoms with Gasteiger partial charge in [0.2, 0.25) is 0 Å². The minimum atomic E-state index is -0.0158. The van der Waals surface area contributed by atoms with Crippen LogP contribution >= 0.6 is 0 Å². The molecule has 4 bridgehead atoms. The van der Waals surface area contributed by atoms with Crippen LogP contribution in [0.3, 0.4) is 0 Å². The third-order valence-electron chi connectivity index (χ3n) is 6.58. The Bertz CT molecular complexity index is 316. The highest BCUT2D eigenvalue weighted by Gasteiger charge is 2.67. The molecule has 7 atom stereocenters. The average Bonchev–Trinajstić information content (AvgIpc) is 2.88. The lowest BCUT2D eigenvalue weighted by atomic mass is 9.48. The SMILES string of the molecule is COC1CC23C(O)CC1CC2C1CCC3C1. The molecule has 0 aliphatic heterocycles. The summed E-state index contributed by atoms with van der Waals surface area (Å²) in [7, 11) is 1.86. The summed E-state index contributed by atoms with van der Waals surface area (Å²) < 4.78 is 5.67. The first-order valence-corrected chi connectivity index (χ1v) is 6.96. The van der Waals surface area contributed by atoms with Crippen LogP contribution in [0, 0.1) is 29.1 Å². The van der Waals surface area contributed by atoms with Gasteiger partial charge >= 0.3 is 0 Å². The van der Waals surface area contributed by atoms with Gasteiger partial charge in [0.05, 0.1) is 12.2 Å². The van der Waals surface area contributed by atoms with Crippen molar-refractivity contribution in [3.8, 4) is 0 Å². The number of aliphatic hydroxyl groups is 1. The van der Waals surface area contributed by atoms with Crippen molar-refractivity contribution in [3.05, 3.63) is 0 Å². The van der Waals surface area contributed by atoms with Gasteiger partial charge in [0, 0.05) is 12.5 Å². The molecule has 2 heteroatoms. The Morgan fingerprint density at radius 1 is 1.12 bits per heavy atom. The van der Waals surface area contributed by atoms with E-state index in [1.165, 1.54) is 25.7 Å². The third kappa shape index (κ3) is 0.932. The first-order chi connectivity index (χ1) is 7.75. The summed E-state index contributed by atoms with van der Waals surface area (Å²) in [6.45, 7) is 0. The number of aliphatic hydroxyl groups excluding tert-OH is 1. The number of ether oxygens (including phenoxy) is 1. The Labute approximate surface area is 97.4 Å². The van der Waals surface area contributed by atoms with Gasteiger partial charge in [0.1, 0.15) is 0 Å². The summed E-state index contributed by atoms with van der Waals surface area (Å²) >= 11 is 0. The summed E-state index contributed by atoms with van der Waals surface area (Å²) in [6, 6.07) is 0. The number of rotatable bonds is 1. The van der Waals surface area contributed by atoms with Gasteiger partial charge in [-0.15, -0.1) is 0 Å². The highest BCUT2D eigenvalue weighted by Crippen LogP contribution is 2.70. The number of fused-ring (bicyclic) bond motifs is 4. The maximum absolute atomic E-state index is 10.5. The number of hydrogen-bond acceptors (Lipinski definition) is 2. The first kappa shape index (κ1) is 9.90. The van der Waals surface area contributed by atoms with Crippen molar-refractivity contribution in [2.75, 3.05) is 7.11 Å². The molecule has 0 heterocycles. The smallest absolute Gasteiger partial charge is 0.0607 e. The van der Waals surface area contributed by atoms with Crippen molar-refractivity contribution >= 4 is 0 Å². The van der Waals surface area contributed by atoms with Gasteiger partial charge in [0.15, 0.2) is 0 Å². The third-order valence-corrected chi connectivity index (χ3v) is 6.58. The largest absolute Gasteiger partial charge is 0.393 e. The summed E-state index contributed by atoms with van der Waals surface area (Å²) in [4.78, 5) is 0. The predicted octanol–water partition coefficient (Wildman–Crippen LogP) is 2.21. The van der Waals surface area contributed by atoms with Crippen LogP contribution in [-0.2, 0) is 4.74 Å². The van der Waals surface area contributed by atoms with E-state index < -0.39 is 0 Å². The van der Waals surface area contributed by atoms with Gasteiger partial charge in [-0.2, -0.15) is 0 Å². The molecule has 7 unspecified atom stereocenters. The first-order valence-electron chi connectivity index (χ1n) is 6.96. The Morgan fingerprint density at radius 3 is 2.81 bits per heavy atom. The van der Waals surface area contributed by atoms with E-state index >= 15 is 0 Å². The average molecular weight is 222 g/mol. The molecule has 2 nitrogen and oxygen atoms in total. The molecular weight excluding hydrogens is 200 g/mol. The van der Waals surface area contributed by atoms with Gasteiger partial charge in [-0.1, -0.05) is 0 Å². The number of hydrogen-bond donors (Lipinski definition) is 1. The number of methoxy groups -OCH3 is 1. The Balaban J connectivity index is 1.76. The van der Waals surface area contributed by atoms with Crippen molar-refractivity contribution in [2.45, 2.75) is 50.7 Å². The van der Waals surface area contributed by atoms with Gasteiger partial charge in [-0.3, -0.25) is 0 Å². The normalized spacial score (nSPS) is 62.6. The summed E-state index contributed by atoms with van der Waals surface area (Å²) in [5.74, 6) is 3.24. The van der Waals surface area contributed by atoms with Crippen LogP contribution in [0.15, 0.2) is 0 Å². The summed E-state index contributed by atoms with van der Waals surface area (Å²) in [5.41, 5.74) is 0.276. The van der Waals surface area contributed by atoms with Gasteiger partial charge in [0.25, 0.3) is 0 Å². The fourth-order valence-corrected chi connectivity index (χ4v) is 6.02. The van der Waals surface area contributed by atoms with E-state index in [1.807, 2.05) is 7.11 Å². The van der Waals surface area contributed by atoms with Crippen molar-refractivity contribution in [3.63, 3.8) is 0 Å². The second-order valence-electron chi connectivity index (χ2n) is 6.71. The summed E-state index contributed by atoms with van der Waals surface area (Å²) in [5, 5.41) is 10.5. The Hall–Kier alpha value is -0.0800. The standard InChI is InChI=1S/C14H22O2/c1-16-12-7-14-10-3-2-8(4-10)11(14)5-9(12)6-13(14)15/h8-13,15H,2-7H2,1H3. The molecule has 5 aliphatic rings. The van der Waals surface area contributed by atoms with Crippen LogP contribution in [0.2, 0.25) is 0 Å². The maximum Gasteiger partial charge on any atom is 0.0607 e. The second kappa shape index (κ2) is 3.02. The van der Waals surface area contributed by atoms with Gasteiger partial charge < -0.3 is 9.84 Å². The molecule has 0 saturated heterocycles. The zero-order valence-corrected chi connectivity index (χ0v) is 10.1.